The molecule has 2 atom stereocenters. The predicted octanol–water partition coefficient (Wildman–Crippen LogP) is 2.49. The second-order valence-corrected chi connectivity index (χ2v) is 7.47. The Labute approximate surface area is 159 Å². The summed E-state index contributed by atoms with van der Waals surface area (Å²) in [6, 6.07) is 0.00107. The summed E-state index contributed by atoms with van der Waals surface area (Å²) in [4.78, 5) is 37.3. The molecule has 26 heavy (non-hydrogen) atoms. The number of aromatic carboxylic acids is 1. The van der Waals surface area contributed by atoms with Crippen molar-refractivity contribution in [3.8, 4) is 0 Å². The summed E-state index contributed by atoms with van der Waals surface area (Å²) in [7, 11) is 0. The Morgan fingerprint density at radius 1 is 1.42 bits per heavy atom. The number of carboxylic acid groups (broad SMARTS) is 1. The monoisotopic (exact) mass is 397 g/mol. The number of aryl methyl sites for hydroxylation is 2. The van der Waals surface area contributed by atoms with E-state index in [0.717, 1.165) is 23.5 Å². The number of amides is 1. The number of nitrogens with one attached hydrogen (secondary N) is 2. The second-order valence-electron chi connectivity index (χ2n) is 6.13. The molecule has 2 aromatic rings. The van der Waals surface area contributed by atoms with E-state index < -0.39 is 5.97 Å². The zero-order chi connectivity index (χ0) is 19.0. The van der Waals surface area contributed by atoms with Crippen LogP contribution in [0.4, 0.5) is 5.13 Å². The van der Waals surface area contributed by atoms with E-state index in [1.807, 2.05) is 18.7 Å². The van der Waals surface area contributed by atoms with Crippen LogP contribution in [0.2, 0.25) is 5.15 Å². The fourth-order valence-corrected chi connectivity index (χ4v) is 4.32. The van der Waals surface area contributed by atoms with E-state index in [2.05, 4.69) is 20.3 Å². The van der Waals surface area contributed by atoms with E-state index in [4.69, 9.17) is 11.6 Å². The lowest BCUT2D eigenvalue weighted by Crippen LogP contribution is -2.66. The molecule has 0 aliphatic carbocycles. The molecule has 140 valence electrons. The van der Waals surface area contributed by atoms with Crippen molar-refractivity contribution in [2.24, 2.45) is 0 Å². The van der Waals surface area contributed by atoms with Crippen LogP contribution >= 0.6 is 22.9 Å². The SMILES string of the molecule is CCc1[nH]c(C(=O)N[C@@H]2CN(c3nc(C)c(C(=O)O)s3)C2CC)nc1Cl. The number of carbonyl (C=O) groups excluding carboxylic acids is 1. The molecule has 0 saturated carbocycles. The molecule has 1 saturated heterocycles. The Hall–Kier alpha value is -2.13. The van der Waals surface area contributed by atoms with Crippen LogP contribution in [0.5, 0.6) is 0 Å². The van der Waals surface area contributed by atoms with Gasteiger partial charge in [0, 0.05) is 6.54 Å². The maximum absolute atomic E-state index is 12.4. The highest BCUT2D eigenvalue weighted by atomic mass is 35.5. The van der Waals surface area contributed by atoms with Crippen molar-refractivity contribution in [3.05, 3.63) is 27.2 Å². The average molecular weight is 398 g/mol. The first-order valence-electron chi connectivity index (χ1n) is 8.38. The maximum Gasteiger partial charge on any atom is 0.347 e. The molecule has 0 spiro atoms. The third-order valence-electron chi connectivity index (χ3n) is 4.52. The predicted molar refractivity (Wildman–Crippen MR) is 99.5 cm³/mol. The summed E-state index contributed by atoms with van der Waals surface area (Å²) in [6.07, 6.45) is 1.47. The third kappa shape index (κ3) is 3.28. The Morgan fingerprint density at radius 2 is 2.15 bits per heavy atom. The molecule has 0 bridgehead atoms. The van der Waals surface area contributed by atoms with Gasteiger partial charge in [0.25, 0.3) is 5.91 Å². The molecular formula is C16H20ClN5O3S. The molecule has 1 unspecified atom stereocenters. The number of nitrogens with zero attached hydrogens (tertiary/aromatic N) is 3. The highest BCUT2D eigenvalue weighted by Gasteiger charge is 2.41. The van der Waals surface area contributed by atoms with Gasteiger partial charge in [-0.1, -0.05) is 36.8 Å². The van der Waals surface area contributed by atoms with E-state index >= 15 is 0 Å². The normalized spacial score (nSPS) is 19.3. The summed E-state index contributed by atoms with van der Waals surface area (Å²) in [6.45, 7) is 6.22. The van der Waals surface area contributed by atoms with E-state index in [9.17, 15) is 14.7 Å². The Morgan fingerprint density at radius 3 is 2.69 bits per heavy atom. The van der Waals surface area contributed by atoms with Crippen molar-refractivity contribution in [3.63, 3.8) is 0 Å². The number of carbonyl (C=O) groups is 2. The average Bonchev–Trinajstić information content (AvgIpc) is 3.13. The topological polar surface area (TPSA) is 111 Å². The zero-order valence-corrected chi connectivity index (χ0v) is 16.2. The number of H-pyrrole nitrogens is 1. The van der Waals surface area contributed by atoms with Gasteiger partial charge in [-0.05, 0) is 19.8 Å². The molecule has 3 heterocycles. The van der Waals surface area contributed by atoms with Gasteiger partial charge in [-0.25, -0.2) is 14.8 Å². The van der Waals surface area contributed by atoms with Crippen molar-refractivity contribution < 1.29 is 14.7 Å². The number of anilines is 1. The number of hydrogen-bond donors (Lipinski definition) is 3. The van der Waals surface area contributed by atoms with Gasteiger partial charge in [-0.3, -0.25) is 4.79 Å². The number of halogens is 1. The maximum atomic E-state index is 12.4. The highest BCUT2D eigenvalue weighted by molar-refractivity contribution is 7.17. The van der Waals surface area contributed by atoms with E-state index in [1.165, 1.54) is 0 Å². The minimum Gasteiger partial charge on any atom is -0.477 e. The molecule has 1 amide bonds. The quantitative estimate of drug-likeness (QED) is 0.690. The van der Waals surface area contributed by atoms with Crippen molar-refractivity contribution in [1.29, 1.82) is 0 Å². The minimum absolute atomic E-state index is 0.0565. The molecule has 0 aromatic carbocycles. The number of aromatic nitrogens is 3. The fourth-order valence-electron chi connectivity index (χ4n) is 3.08. The van der Waals surface area contributed by atoms with Gasteiger partial charge < -0.3 is 20.3 Å². The van der Waals surface area contributed by atoms with Gasteiger partial charge in [0.1, 0.15) is 4.88 Å². The first-order valence-corrected chi connectivity index (χ1v) is 9.57. The number of carboxylic acids is 1. The molecular weight excluding hydrogens is 378 g/mol. The van der Waals surface area contributed by atoms with Crippen LogP contribution in [-0.2, 0) is 6.42 Å². The van der Waals surface area contributed by atoms with Crippen molar-refractivity contribution in [1.82, 2.24) is 20.3 Å². The Kier molecular flexibility index (Phi) is 5.19. The van der Waals surface area contributed by atoms with Crippen molar-refractivity contribution in [2.75, 3.05) is 11.4 Å². The lowest BCUT2D eigenvalue weighted by molar-refractivity contribution is 0.0700. The number of imidazole rings is 1. The smallest absolute Gasteiger partial charge is 0.347 e. The molecule has 3 rings (SSSR count). The van der Waals surface area contributed by atoms with Crippen LogP contribution in [0.15, 0.2) is 0 Å². The fraction of sp³-hybridized carbons (Fsp3) is 0.500. The van der Waals surface area contributed by atoms with Crippen LogP contribution in [0.3, 0.4) is 0 Å². The van der Waals surface area contributed by atoms with Crippen LogP contribution < -0.4 is 10.2 Å². The van der Waals surface area contributed by atoms with Crippen molar-refractivity contribution >= 4 is 39.9 Å². The number of rotatable bonds is 6. The Bertz CT molecular complexity index is 849. The standard InChI is InChI=1S/C16H20ClN5O3S/c1-4-8-12(17)21-13(19-8)14(23)20-9-6-22(10(9)5-2)16-18-7(3)11(26-16)15(24)25/h9-10H,4-6H2,1-3H3,(H,19,21)(H,20,23)(H,24,25)/t9-,10?/m1/s1. The first kappa shape index (κ1) is 18.7. The van der Waals surface area contributed by atoms with E-state index in [0.29, 0.717) is 28.9 Å². The molecule has 2 aromatic heterocycles. The van der Waals surface area contributed by atoms with Crippen LogP contribution in [0.25, 0.3) is 0 Å². The lowest BCUT2D eigenvalue weighted by Gasteiger charge is -2.47. The van der Waals surface area contributed by atoms with Crippen molar-refractivity contribution in [2.45, 2.75) is 45.7 Å². The summed E-state index contributed by atoms with van der Waals surface area (Å²) in [5.74, 6) is -1.05. The number of aromatic amines is 1. The Balaban J connectivity index is 1.69. The zero-order valence-electron chi connectivity index (χ0n) is 14.7. The molecule has 8 nitrogen and oxygen atoms in total. The van der Waals surface area contributed by atoms with Gasteiger partial charge in [-0.2, -0.15) is 0 Å². The molecule has 3 N–H and O–H groups in total. The molecule has 1 aliphatic rings. The van der Waals surface area contributed by atoms with Gasteiger partial charge >= 0.3 is 5.97 Å². The first-order chi connectivity index (χ1) is 12.3. The van der Waals surface area contributed by atoms with E-state index in [1.54, 1.807) is 6.92 Å². The van der Waals surface area contributed by atoms with Gasteiger partial charge in [0.2, 0.25) is 0 Å². The lowest BCUT2D eigenvalue weighted by atomic mass is 9.94. The molecule has 0 radical (unpaired) electrons. The highest BCUT2D eigenvalue weighted by Crippen LogP contribution is 2.34. The molecule has 1 fully saturated rings. The van der Waals surface area contributed by atoms with Gasteiger partial charge in [-0.15, -0.1) is 0 Å². The molecule has 1 aliphatic heterocycles. The van der Waals surface area contributed by atoms with Gasteiger partial charge in [0.15, 0.2) is 16.1 Å². The summed E-state index contributed by atoms with van der Waals surface area (Å²) in [5.41, 5.74) is 1.25. The van der Waals surface area contributed by atoms with Crippen LogP contribution in [0.1, 0.15) is 51.9 Å². The van der Waals surface area contributed by atoms with E-state index in [-0.39, 0.29) is 28.7 Å². The molecule has 10 heteroatoms. The van der Waals surface area contributed by atoms with Crippen LogP contribution in [0, 0.1) is 6.92 Å². The van der Waals surface area contributed by atoms with Crippen LogP contribution in [-0.4, -0.2) is 50.6 Å². The number of thiazole rings is 1. The minimum atomic E-state index is -0.967. The third-order valence-corrected chi connectivity index (χ3v) is 6.01. The van der Waals surface area contributed by atoms with Gasteiger partial charge in [0.05, 0.1) is 23.5 Å². The second kappa shape index (κ2) is 7.24. The summed E-state index contributed by atoms with van der Waals surface area (Å²) < 4.78 is 0. The summed E-state index contributed by atoms with van der Waals surface area (Å²) in [5, 5.41) is 13.2. The largest absolute Gasteiger partial charge is 0.477 e. The summed E-state index contributed by atoms with van der Waals surface area (Å²) >= 11 is 7.15. The number of hydrogen-bond acceptors (Lipinski definition) is 6.